The van der Waals surface area contributed by atoms with Crippen molar-refractivity contribution in [1.82, 2.24) is 0 Å². The smallest absolute Gasteiger partial charge is 0.194 e. The van der Waals surface area contributed by atoms with Crippen LogP contribution in [0.5, 0.6) is 0 Å². The highest BCUT2D eigenvalue weighted by Crippen LogP contribution is 2.42. The Morgan fingerprint density at radius 3 is 2.13 bits per heavy atom. The molecule has 5 heteroatoms. The molecule has 1 aliphatic carbocycles. The third kappa shape index (κ3) is 7.12. The van der Waals surface area contributed by atoms with Gasteiger partial charge in [0.05, 0.1) is 0 Å². The van der Waals surface area contributed by atoms with Gasteiger partial charge >= 0.3 is 0 Å². The summed E-state index contributed by atoms with van der Waals surface area (Å²) in [6.07, 6.45) is 13.6. The van der Waals surface area contributed by atoms with Gasteiger partial charge in [-0.2, -0.15) is 0 Å². The van der Waals surface area contributed by atoms with E-state index in [2.05, 4.69) is 0 Å². The van der Waals surface area contributed by atoms with E-state index in [1.54, 1.807) is 12.1 Å². The number of aryl methyl sites for hydroxylation is 1. The van der Waals surface area contributed by atoms with Crippen LogP contribution in [0.15, 0.2) is 12.1 Å². The van der Waals surface area contributed by atoms with Crippen LogP contribution in [0.25, 0.3) is 0 Å². The number of halogens is 3. The van der Waals surface area contributed by atoms with Crippen molar-refractivity contribution >= 4 is 8.80 Å². The highest BCUT2D eigenvalue weighted by atomic mass is 28.3. The predicted octanol–water partition coefficient (Wildman–Crippen LogP) is 7.30. The molecule has 1 saturated carbocycles. The van der Waals surface area contributed by atoms with E-state index in [4.69, 9.17) is 4.74 Å². The molecule has 1 saturated heterocycles. The van der Waals surface area contributed by atoms with Gasteiger partial charge in [0.1, 0.15) is 0 Å². The molecule has 1 nitrogen and oxygen atoms in total. The average Bonchev–Trinajstić information content (AvgIpc) is 2.76. The second kappa shape index (κ2) is 12.3. The topological polar surface area (TPSA) is 9.23 Å². The second-order valence-corrected chi connectivity index (χ2v) is 13.3. The molecule has 0 aromatic heterocycles. The molecule has 1 aromatic carbocycles. The Labute approximate surface area is 182 Å². The standard InChI is InChI=1S/C25H39F3OSi/c1-29-13-4-14-30-15-11-22(12-16-30)21-9-7-19(8-10-21)5-2-3-6-20-17-23(26)25(28)24(27)18-20/h17-19,21-22,30H,2-16H2,1H3. The number of ether oxygens (including phenoxy) is 1. The molecule has 0 bridgehead atoms. The molecule has 0 radical (unpaired) electrons. The van der Waals surface area contributed by atoms with E-state index < -0.39 is 26.2 Å². The first-order valence-electron chi connectivity index (χ1n) is 12.2. The largest absolute Gasteiger partial charge is 0.385 e. The van der Waals surface area contributed by atoms with Crippen LogP contribution in [0.4, 0.5) is 13.2 Å². The van der Waals surface area contributed by atoms with E-state index in [9.17, 15) is 13.2 Å². The van der Waals surface area contributed by atoms with Crippen LogP contribution < -0.4 is 0 Å². The molecular weight excluding hydrogens is 401 g/mol. The molecule has 3 rings (SSSR count). The van der Waals surface area contributed by atoms with Gasteiger partial charge in [-0.25, -0.2) is 13.2 Å². The normalized spacial score (nSPS) is 27.3. The zero-order chi connectivity index (χ0) is 21.3. The first kappa shape index (κ1) is 23.8. The number of methoxy groups -OCH3 is 1. The van der Waals surface area contributed by atoms with Gasteiger partial charge in [-0.3, -0.25) is 0 Å². The lowest BCUT2D eigenvalue weighted by Crippen LogP contribution is -2.28. The first-order chi connectivity index (χ1) is 14.6. The summed E-state index contributed by atoms with van der Waals surface area (Å²) in [5, 5.41) is 0. The molecule has 0 atom stereocenters. The summed E-state index contributed by atoms with van der Waals surface area (Å²) in [6, 6.07) is 6.86. The lowest BCUT2D eigenvalue weighted by atomic mass is 9.73. The van der Waals surface area contributed by atoms with E-state index in [1.165, 1.54) is 57.4 Å². The molecule has 0 amide bonds. The number of unbranched alkanes of at least 4 members (excludes halogenated alkanes) is 1. The fourth-order valence-electron chi connectivity index (χ4n) is 5.93. The molecule has 0 spiro atoms. The fraction of sp³-hybridized carbons (Fsp3) is 0.760. The van der Waals surface area contributed by atoms with Crippen molar-refractivity contribution in [2.75, 3.05) is 13.7 Å². The minimum Gasteiger partial charge on any atom is -0.385 e. The van der Waals surface area contributed by atoms with Crippen molar-refractivity contribution in [3.05, 3.63) is 35.1 Å². The molecule has 1 heterocycles. The maximum atomic E-state index is 13.3. The molecule has 2 aliphatic rings. The van der Waals surface area contributed by atoms with E-state index >= 15 is 0 Å². The van der Waals surface area contributed by atoms with Crippen molar-refractivity contribution in [3.8, 4) is 0 Å². The van der Waals surface area contributed by atoms with Crippen LogP contribution in [0.3, 0.4) is 0 Å². The Morgan fingerprint density at radius 1 is 0.867 bits per heavy atom. The van der Waals surface area contributed by atoms with Crippen molar-refractivity contribution in [2.24, 2.45) is 17.8 Å². The number of hydrogen-bond donors (Lipinski definition) is 0. The minimum atomic E-state index is -1.36. The highest BCUT2D eigenvalue weighted by molar-refractivity contribution is 6.58. The van der Waals surface area contributed by atoms with Gasteiger partial charge in [0, 0.05) is 22.5 Å². The zero-order valence-corrected chi connectivity index (χ0v) is 19.8. The summed E-state index contributed by atoms with van der Waals surface area (Å²) in [5.74, 6) is -0.745. The van der Waals surface area contributed by atoms with Crippen LogP contribution >= 0.6 is 0 Å². The molecule has 1 aromatic rings. The Hall–Kier alpha value is -0.813. The van der Waals surface area contributed by atoms with Gasteiger partial charge < -0.3 is 4.74 Å². The van der Waals surface area contributed by atoms with Crippen LogP contribution in [0.2, 0.25) is 18.1 Å². The average molecular weight is 441 g/mol. The van der Waals surface area contributed by atoms with Crippen molar-refractivity contribution in [2.45, 2.75) is 88.8 Å². The molecule has 2 fully saturated rings. The summed E-state index contributed by atoms with van der Waals surface area (Å²) in [7, 11) is 1.34. The summed E-state index contributed by atoms with van der Waals surface area (Å²) in [4.78, 5) is 0. The Morgan fingerprint density at radius 2 is 1.50 bits per heavy atom. The molecular formula is C25H39F3OSi. The SMILES string of the molecule is COCCC[SiH]1CCC(C2CCC(CCCCc3cc(F)c(F)c(F)c3)CC2)CC1. The van der Waals surface area contributed by atoms with Crippen molar-refractivity contribution in [3.63, 3.8) is 0 Å². The maximum Gasteiger partial charge on any atom is 0.194 e. The predicted molar refractivity (Wildman–Crippen MR) is 120 cm³/mol. The third-order valence-electron chi connectivity index (χ3n) is 7.78. The van der Waals surface area contributed by atoms with Gasteiger partial charge in [-0.15, -0.1) is 0 Å². The van der Waals surface area contributed by atoms with Gasteiger partial charge in [0.15, 0.2) is 17.5 Å². The Bertz CT molecular complexity index is 614. The summed E-state index contributed by atoms with van der Waals surface area (Å²) >= 11 is 0. The van der Waals surface area contributed by atoms with Gasteiger partial charge in [-0.1, -0.05) is 56.7 Å². The number of benzene rings is 1. The molecule has 30 heavy (non-hydrogen) atoms. The molecule has 0 unspecified atom stereocenters. The van der Waals surface area contributed by atoms with Crippen molar-refractivity contribution in [1.29, 1.82) is 0 Å². The highest BCUT2D eigenvalue weighted by Gasteiger charge is 2.30. The summed E-state index contributed by atoms with van der Waals surface area (Å²) < 4.78 is 44.9. The maximum absolute atomic E-state index is 13.3. The summed E-state index contributed by atoms with van der Waals surface area (Å²) in [5.41, 5.74) is 0.566. The van der Waals surface area contributed by atoms with E-state index in [-0.39, 0.29) is 0 Å². The summed E-state index contributed by atoms with van der Waals surface area (Å²) in [6.45, 7) is 0.939. The third-order valence-corrected chi connectivity index (χ3v) is 11.3. The van der Waals surface area contributed by atoms with Crippen LogP contribution in [-0.4, -0.2) is 22.5 Å². The lowest BCUT2D eigenvalue weighted by Gasteiger charge is -2.37. The van der Waals surface area contributed by atoms with E-state index in [1.807, 2.05) is 7.11 Å². The van der Waals surface area contributed by atoms with Crippen LogP contribution in [0.1, 0.15) is 69.8 Å². The first-order valence-corrected chi connectivity index (χ1v) is 14.6. The van der Waals surface area contributed by atoms with Gasteiger partial charge in [0.2, 0.25) is 0 Å². The Balaban J connectivity index is 1.28. The fourth-order valence-corrected chi connectivity index (χ4v) is 9.34. The quantitative estimate of drug-likeness (QED) is 0.211. The van der Waals surface area contributed by atoms with Crippen LogP contribution in [0, 0.1) is 35.2 Å². The lowest BCUT2D eigenvalue weighted by molar-refractivity contribution is 0.183. The Kier molecular flexibility index (Phi) is 9.76. The van der Waals surface area contributed by atoms with Crippen molar-refractivity contribution < 1.29 is 17.9 Å². The molecule has 0 N–H and O–H groups in total. The molecule has 1 aliphatic heterocycles. The van der Waals surface area contributed by atoms with E-state index in [0.717, 1.165) is 49.3 Å². The van der Waals surface area contributed by atoms with E-state index in [0.29, 0.717) is 12.0 Å². The van der Waals surface area contributed by atoms with Crippen LogP contribution in [-0.2, 0) is 11.2 Å². The second-order valence-electron chi connectivity index (χ2n) is 9.82. The van der Waals surface area contributed by atoms with Gasteiger partial charge in [-0.05, 0) is 67.6 Å². The monoisotopic (exact) mass is 440 g/mol. The zero-order valence-electron chi connectivity index (χ0n) is 18.6. The number of hydrogen-bond acceptors (Lipinski definition) is 1. The van der Waals surface area contributed by atoms with Gasteiger partial charge in [0.25, 0.3) is 0 Å². The molecule has 170 valence electrons. The number of rotatable bonds is 10. The minimum absolute atomic E-state index is 0.465.